The Morgan fingerprint density at radius 1 is 1.14 bits per heavy atom. The second-order valence-electron chi connectivity index (χ2n) is 10.5. The third-order valence-corrected chi connectivity index (χ3v) is 7.54. The Morgan fingerprint density at radius 3 is 2.50 bits per heavy atom. The number of nitro benzene ring substituents is 1. The number of piperazine rings is 1. The van der Waals surface area contributed by atoms with Gasteiger partial charge < -0.3 is 19.4 Å². The number of ether oxygens (including phenoxy) is 1. The molecule has 0 spiro atoms. The molecule has 2 fully saturated rings. The van der Waals surface area contributed by atoms with Crippen molar-refractivity contribution in [1.82, 2.24) is 15.2 Å². The SMILES string of the molecule is CC(c1ccccc1)N(c1cc(N2CCN(C)CC2)c([N+](=O)[O-])c2nonc12)C1CCOC(C)(C)C1. The zero-order valence-corrected chi connectivity index (χ0v) is 21.4. The summed E-state index contributed by atoms with van der Waals surface area (Å²) in [7, 11) is 2.07. The molecule has 2 aliphatic heterocycles. The summed E-state index contributed by atoms with van der Waals surface area (Å²) in [4.78, 5) is 18.6. The molecule has 3 aromatic rings. The van der Waals surface area contributed by atoms with Crippen molar-refractivity contribution < 1.29 is 14.3 Å². The quantitative estimate of drug-likeness (QED) is 0.364. The molecule has 0 N–H and O–H groups in total. The molecule has 2 saturated heterocycles. The van der Waals surface area contributed by atoms with Crippen molar-refractivity contribution in [3.63, 3.8) is 0 Å². The Bertz CT molecular complexity index is 1220. The van der Waals surface area contributed by atoms with Gasteiger partial charge in [-0.15, -0.1) is 0 Å². The minimum Gasteiger partial charge on any atom is -0.375 e. The minimum absolute atomic E-state index is 0.00760. The molecule has 5 rings (SSSR count). The van der Waals surface area contributed by atoms with Crippen LogP contribution in [0.4, 0.5) is 17.1 Å². The molecule has 0 saturated carbocycles. The number of nitrogens with zero attached hydrogens (tertiary/aromatic N) is 6. The van der Waals surface area contributed by atoms with E-state index in [2.05, 4.69) is 65.0 Å². The van der Waals surface area contributed by atoms with Gasteiger partial charge in [0.25, 0.3) is 0 Å². The highest BCUT2D eigenvalue weighted by Crippen LogP contribution is 2.45. The lowest BCUT2D eigenvalue weighted by atomic mass is 9.90. The van der Waals surface area contributed by atoms with Gasteiger partial charge in [-0.25, -0.2) is 4.63 Å². The van der Waals surface area contributed by atoms with E-state index in [1.165, 1.54) is 0 Å². The Labute approximate surface area is 210 Å². The van der Waals surface area contributed by atoms with Crippen LogP contribution in [0.2, 0.25) is 0 Å². The third-order valence-electron chi connectivity index (χ3n) is 7.54. The van der Waals surface area contributed by atoms with E-state index < -0.39 is 0 Å². The summed E-state index contributed by atoms with van der Waals surface area (Å²) in [6.07, 6.45) is 1.66. The third kappa shape index (κ3) is 4.62. The number of nitro groups is 1. The first-order valence-corrected chi connectivity index (χ1v) is 12.6. The lowest BCUT2D eigenvalue weighted by Crippen LogP contribution is -2.47. The van der Waals surface area contributed by atoms with Gasteiger partial charge in [0, 0.05) is 38.8 Å². The molecule has 3 heterocycles. The van der Waals surface area contributed by atoms with E-state index in [0.717, 1.165) is 37.2 Å². The van der Waals surface area contributed by atoms with Gasteiger partial charge in [0.15, 0.2) is 5.52 Å². The van der Waals surface area contributed by atoms with Gasteiger partial charge in [-0.05, 0) is 62.6 Å². The fourth-order valence-corrected chi connectivity index (χ4v) is 5.62. The number of rotatable bonds is 6. The van der Waals surface area contributed by atoms with Crippen LogP contribution in [0.25, 0.3) is 11.0 Å². The van der Waals surface area contributed by atoms with Crippen molar-refractivity contribution >= 4 is 28.1 Å². The summed E-state index contributed by atoms with van der Waals surface area (Å²) in [5.41, 5.74) is 2.84. The minimum atomic E-state index is -0.355. The Balaban J connectivity index is 1.69. The molecule has 10 nitrogen and oxygen atoms in total. The molecule has 1 aromatic heterocycles. The lowest BCUT2D eigenvalue weighted by molar-refractivity contribution is -0.382. The Kier molecular flexibility index (Phi) is 6.57. The molecule has 192 valence electrons. The van der Waals surface area contributed by atoms with Gasteiger partial charge in [-0.3, -0.25) is 10.1 Å². The first-order chi connectivity index (χ1) is 17.2. The van der Waals surface area contributed by atoms with E-state index in [-0.39, 0.29) is 33.8 Å². The smallest absolute Gasteiger partial charge is 0.323 e. The number of benzene rings is 2. The molecule has 0 aliphatic carbocycles. The van der Waals surface area contributed by atoms with E-state index >= 15 is 0 Å². The summed E-state index contributed by atoms with van der Waals surface area (Å²) >= 11 is 0. The zero-order valence-electron chi connectivity index (χ0n) is 21.4. The van der Waals surface area contributed by atoms with Crippen molar-refractivity contribution in [1.29, 1.82) is 0 Å². The predicted molar refractivity (Wildman–Crippen MR) is 139 cm³/mol. The van der Waals surface area contributed by atoms with Crippen molar-refractivity contribution in [3.05, 3.63) is 52.1 Å². The van der Waals surface area contributed by atoms with E-state index in [1.54, 1.807) is 0 Å². The monoisotopic (exact) mass is 494 g/mol. The summed E-state index contributed by atoms with van der Waals surface area (Å²) in [5.74, 6) is 0. The van der Waals surface area contributed by atoms with Gasteiger partial charge in [0.2, 0.25) is 5.52 Å². The second kappa shape index (κ2) is 9.67. The largest absolute Gasteiger partial charge is 0.375 e. The van der Waals surface area contributed by atoms with Crippen LogP contribution < -0.4 is 9.80 Å². The highest BCUT2D eigenvalue weighted by atomic mass is 16.6. The topological polar surface area (TPSA) is 101 Å². The second-order valence-corrected chi connectivity index (χ2v) is 10.5. The normalized spacial score (nSPS) is 21.4. The van der Waals surface area contributed by atoms with Gasteiger partial charge >= 0.3 is 5.69 Å². The average molecular weight is 495 g/mol. The zero-order chi connectivity index (χ0) is 25.4. The summed E-state index contributed by atoms with van der Waals surface area (Å²) in [5, 5.41) is 20.5. The molecule has 2 atom stereocenters. The van der Waals surface area contributed by atoms with Gasteiger partial charge in [0.1, 0.15) is 5.69 Å². The number of hydrogen-bond acceptors (Lipinski definition) is 9. The molecular formula is C26H34N6O4. The first kappa shape index (κ1) is 24.5. The molecule has 36 heavy (non-hydrogen) atoms. The van der Waals surface area contributed by atoms with Crippen LogP contribution in [0.15, 0.2) is 41.0 Å². The van der Waals surface area contributed by atoms with Crippen LogP contribution in [0.3, 0.4) is 0 Å². The molecule has 2 aromatic carbocycles. The van der Waals surface area contributed by atoms with Crippen LogP contribution >= 0.6 is 0 Å². The van der Waals surface area contributed by atoms with Crippen molar-refractivity contribution in [2.24, 2.45) is 0 Å². The summed E-state index contributed by atoms with van der Waals surface area (Å²) in [6, 6.07) is 12.4. The molecular weight excluding hydrogens is 460 g/mol. The van der Waals surface area contributed by atoms with E-state index in [0.29, 0.717) is 30.9 Å². The van der Waals surface area contributed by atoms with Crippen LogP contribution in [0.1, 0.15) is 45.2 Å². The molecule has 2 unspecified atom stereocenters. The number of aromatic nitrogens is 2. The molecule has 0 amide bonds. The highest BCUT2D eigenvalue weighted by molar-refractivity contribution is 6.00. The van der Waals surface area contributed by atoms with E-state index in [9.17, 15) is 10.1 Å². The van der Waals surface area contributed by atoms with Crippen molar-refractivity contribution in [2.45, 2.75) is 51.3 Å². The molecule has 10 heteroatoms. The molecule has 0 bridgehead atoms. The lowest BCUT2D eigenvalue weighted by Gasteiger charge is -2.45. The standard InChI is InChI=1S/C26H34N6O4/c1-18(19-8-6-5-7-9-19)31(20-10-15-35-26(2,3)17-20)21-16-22(30-13-11-29(4)12-14-30)25(32(33)34)24-23(21)27-36-28-24/h5-9,16,18,20H,10-15,17H2,1-4H3. The van der Waals surface area contributed by atoms with Gasteiger partial charge in [-0.1, -0.05) is 30.3 Å². The van der Waals surface area contributed by atoms with Gasteiger partial charge in [-0.2, -0.15) is 0 Å². The maximum absolute atomic E-state index is 12.3. The average Bonchev–Trinajstić information content (AvgIpc) is 3.34. The van der Waals surface area contributed by atoms with Crippen LogP contribution in [-0.4, -0.2) is 71.6 Å². The van der Waals surface area contributed by atoms with Crippen LogP contribution in [0.5, 0.6) is 0 Å². The Morgan fingerprint density at radius 2 is 1.83 bits per heavy atom. The predicted octanol–water partition coefficient (Wildman–Crippen LogP) is 4.41. The number of hydrogen-bond donors (Lipinski definition) is 0. The summed E-state index contributed by atoms with van der Waals surface area (Å²) in [6.45, 7) is 10.1. The number of fused-ring (bicyclic) bond motifs is 1. The maximum Gasteiger partial charge on any atom is 0.323 e. The summed E-state index contributed by atoms with van der Waals surface area (Å²) < 4.78 is 11.2. The molecule has 2 aliphatic rings. The first-order valence-electron chi connectivity index (χ1n) is 12.6. The van der Waals surface area contributed by atoms with Crippen LogP contribution in [-0.2, 0) is 4.74 Å². The number of anilines is 2. The van der Waals surface area contributed by atoms with E-state index in [4.69, 9.17) is 9.37 Å². The molecule has 0 radical (unpaired) electrons. The van der Waals surface area contributed by atoms with E-state index in [1.807, 2.05) is 24.3 Å². The fourth-order valence-electron chi connectivity index (χ4n) is 5.62. The van der Waals surface area contributed by atoms with Crippen molar-refractivity contribution in [2.75, 3.05) is 49.6 Å². The van der Waals surface area contributed by atoms with Crippen LogP contribution in [0, 0.1) is 10.1 Å². The van der Waals surface area contributed by atoms with Gasteiger partial charge in [0.05, 0.1) is 22.3 Å². The fraction of sp³-hybridized carbons (Fsp3) is 0.538. The highest BCUT2D eigenvalue weighted by Gasteiger charge is 2.38. The maximum atomic E-state index is 12.3. The number of likely N-dealkylation sites (N-methyl/N-ethyl adjacent to an activating group) is 1. The Hall–Kier alpha value is -3.24. The van der Waals surface area contributed by atoms with Crippen molar-refractivity contribution in [3.8, 4) is 0 Å².